The lowest BCUT2D eigenvalue weighted by Crippen LogP contribution is -2.40. The van der Waals surface area contributed by atoms with Gasteiger partial charge in [-0.05, 0) is 0 Å². The predicted octanol–water partition coefficient (Wildman–Crippen LogP) is -0.398. The third-order valence-corrected chi connectivity index (χ3v) is 3.04. The maximum Gasteiger partial charge on any atom is 0.303 e. The average Bonchev–Trinajstić information content (AvgIpc) is 3.05. The molecule has 2 rings (SSSR count). The Balaban J connectivity index is 2.25. The van der Waals surface area contributed by atoms with Gasteiger partial charge in [-0.1, -0.05) is 0 Å². The van der Waals surface area contributed by atoms with Gasteiger partial charge in [0.25, 0.3) is 0 Å². The second-order valence-corrected chi connectivity index (χ2v) is 4.89. The molecule has 0 amide bonds. The van der Waals surface area contributed by atoms with E-state index in [4.69, 9.17) is 18.9 Å². The minimum absolute atomic E-state index is 0.157. The van der Waals surface area contributed by atoms with Crippen molar-refractivity contribution in [3.63, 3.8) is 0 Å². The Morgan fingerprint density at radius 1 is 1.09 bits per heavy atom. The third kappa shape index (κ3) is 4.25. The predicted molar refractivity (Wildman–Crippen MR) is 71.7 cm³/mol. The highest BCUT2D eigenvalue weighted by Crippen LogP contribution is 2.33. The van der Waals surface area contributed by atoms with Crippen LogP contribution in [0.5, 0.6) is 0 Å². The first kappa shape index (κ1) is 16.9. The molecule has 23 heavy (non-hydrogen) atoms. The lowest BCUT2D eigenvalue weighted by atomic mass is 10.1. The van der Waals surface area contributed by atoms with Crippen LogP contribution in [0.4, 0.5) is 0 Å². The lowest BCUT2D eigenvalue weighted by Gasteiger charge is -2.23. The number of ether oxygens (including phenoxy) is 4. The number of hydrogen-bond acceptors (Lipinski definition) is 9. The van der Waals surface area contributed by atoms with Crippen molar-refractivity contribution < 1.29 is 33.3 Å². The Morgan fingerprint density at radius 2 is 1.74 bits per heavy atom. The first-order valence-electron chi connectivity index (χ1n) is 6.86. The standard InChI is InChI=1S/C13H17N3O7/c1-7(17)20-4-10-11(21-8(2)18)12(22-9(3)19)13(23-10)16-6-14-5-15-16/h5-6,10-13H,4H2,1-3H3/t10-,11-,12-,13-/m1/s1. The van der Waals surface area contributed by atoms with Gasteiger partial charge in [0, 0.05) is 20.8 Å². The van der Waals surface area contributed by atoms with Crippen LogP contribution in [0.1, 0.15) is 27.0 Å². The van der Waals surface area contributed by atoms with Gasteiger partial charge in [0.2, 0.25) is 0 Å². The largest absolute Gasteiger partial charge is 0.463 e. The summed E-state index contributed by atoms with van der Waals surface area (Å²) in [5, 5.41) is 3.94. The maximum atomic E-state index is 11.4. The molecule has 1 saturated heterocycles. The molecule has 0 radical (unpaired) electrons. The normalized spacial score (nSPS) is 26.6. The topological polar surface area (TPSA) is 119 Å². The molecule has 1 aromatic heterocycles. The first-order chi connectivity index (χ1) is 10.9. The van der Waals surface area contributed by atoms with Gasteiger partial charge in [-0.2, -0.15) is 5.10 Å². The van der Waals surface area contributed by atoms with Gasteiger partial charge in [0.05, 0.1) is 0 Å². The van der Waals surface area contributed by atoms with Gasteiger partial charge in [0.1, 0.15) is 25.4 Å². The third-order valence-electron chi connectivity index (χ3n) is 3.04. The van der Waals surface area contributed by atoms with Crippen molar-refractivity contribution in [1.29, 1.82) is 0 Å². The van der Waals surface area contributed by atoms with E-state index in [2.05, 4.69) is 10.1 Å². The maximum absolute atomic E-state index is 11.4. The van der Waals surface area contributed by atoms with E-state index in [-0.39, 0.29) is 6.61 Å². The molecule has 126 valence electrons. The highest BCUT2D eigenvalue weighted by molar-refractivity contribution is 5.67. The molecule has 1 fully saturated rings. The highest BCUT2D eigenvalue weighted by Gasteiger charge is 2.50. The monoisotopic (exact) mass is 327 g/mol. The summed E-state index contributed by atoms with van der Waals surface area (Å²) in [6.07, 6.45) is -0.884. The van der Waals surface area contributed by atoms with Gasteiger partial charge in [0.15, 0.2) is 18.4 Å². The molecule has 0 aromatic carbocycles. The first-order valence-corrected chi connectivity index (χ1v) is 6.86. The second kappa shape index (κ2) is 7.18. The van der Waals surface area contributed by atoms with Crippen LogP contribution in [0.2, 0.25) is 0 Å². The number of esters is 3. The van der Waals surface area contributed by atoms with Gasteiger partial charge in [-0.15, -0.1) is 0 Å². The van der Waals surface area contributed by atoms with Crippen LogP contribution in [-0.2, 0) is 33.3 Å². The average molecular weight is 327 g/mol. The number of aromatic nitrogens is 3. The zero-order valence-electron chi connectivity index (χ0n) is 12.9. The summed E-state index contributed by atoms with van der Waals surface area (Å²) in [7, 11) is 0. The molecule has 0 bridgehead atoms. The number of carbonyl (C=O) groups excluding carboxylic acids is 3. The fourth-order valence-electron chi connectivity index (χ4n) is 2.25. The van der Waals surface area contributed by atoms with Crippen molar-refractivity contribution in [2.75, 3.05) is 6.61 Å². The molecule has 10 heteroatoms. The van der Waals surface area contributed by atoms with Crippen LogP contribution in [0, 0.1) is 0 Å². The summed E-state index contributed by atoms with van der Waals surface area (Å²) in [6.45, 7) is 3.53. The molecule has 4 atom stereocenters. The van der Waals surface area contributed by atoms with Gasteiger partial charge >= 0.3 is 17.9 Å². The zero-order chi connectivity index (χ0) is 17.0. The van der Waals surface area contributed by atoms with Crippen LogP contribution >= 0.6 is 0 Å². The molecule has 10 nitrogen and oxygen atoms in total. The van der Waals surface area contributed by atoms with Crippen molar-refractivity contribution in [2.24, 2.45) is 0 Å². The van der Waals surface area contributed by atoms with Crippen molar-refractivity contribution in [1.82, 2.24) is 14.8 Å². The minimum atomic E-state index is -0.946. The Hall–Kier alpha value is -2.49. The van der Waals surface area contributed by atoms with Crippen LogP contribution < -0.4 is 0 Å². The number of nitrogens with zero attached hydrogens (tertiary/aromatic N) is 3. The Morgan fingerprint density at radius 3 is 2.26 bits per heavy atom. The van der Waals surface area contributed by atoms with Gasteiger partial charge < -0.3 is 18.9 Å². The van der Waals surface area contributed by atoms with Crippen LogP contribution in [0.15, 0.2) is 12.7 Å². The van der Waals surface area contributed by atoms with E-state index in [1.54, 1.807) is 0 Å². The molecule has 2 heterocycles. The summed E-state index contributed by atoms with van der Waals surface area (Å²) >= 11 is 0. The van der Waals surface area contributed by atoms with E-state index in [0.717, 1.165) is 0 Å². The van der Waals surface area contributed by atoms with Crippen molar-refractivity contribution in [3.05, 3.63) is 12.7 Å². The van der Waals surface area contributed by atoms with Gasteiger partial charge in [-0.3, -0.25) is 14.4 Å². The Labute approximate surface area is 131 Å². The fourth-order valence-corrected chi connectivity index (χ4v) is 2.25. The van der Waals surface area contributed by atoms with Crippen molar-refractivity contribution >= 4 is 17.9 Å². The Kier molecular flexibility index (Phi) is 5.27. The lowest BCUT2D eigenvalue weighted by molar-refractivity contribution is -0.166. The van der Waals surface area contributed by atoms with E-state index < -0.39 is 42.4 Å². The molecule has 0 aliphatic carbocycles. The second-order valence-electron chi connectivity index (χ2n) is 4.89. The van der Waals surface area contributed by atoms with Crippen LogP contribution in [0.3, 0.4) is 0 Å². The summed E-state index contributed by atoms with van der Waals surface area (Å²) in [4.78, 5) is 37.5. The number of carbonyl (C=O) groups is 3. The van der Waals surface area contributed by atoms with Crippen molar-refractivity contribution in [3.8, 4) is 0 Å². The smallest absolute Gasteiger partial charge is 0.303 e. The fraction of sp³-hybridized carbons (Fsp3) is 0.615. The van der Waals surface area contributed by atoms with E-state index in [9.17, 15) is 14.4 Å². The van der Waals surface area contributed by atoms with E-state index in [0.29, 0.717) is 0 Å². The molecule has 0 unspecified atom stereocenters. The summed E-state index contributed by atoms with van der Waals surface area (Å²) in [6, 6.07) is 0. The molecule has 1 aliphatic rings. The minimum Gasteiger partial charge on any atom is -0.463 e. The molecule has 0 saturated carbocycles. The zero-order valence-corrected chi connectivity index (χ0v) is 12.9. The molecule has 0 N–H and O–H groups in total. The van der Waals surface area contributed by atoms with Crippen molar-refractivity contribution in [2.45, 2.75) is 45.3 Å². The molecule has 1 aliphatic heterocycles. The van der Waals surface area contributed by atoms with Crippen LogP contribution in [-0.4, -0.2) is 57.6 Å². The van der Waals surface area contributed by atoms with Crippen LogP contribution in [0.25, 0.3) is 0 Å². The summed E-state index contributed by atoms with van der Waals surface area (Å²) in [5.74, 6) is -1.67. The van der Waals surface area contributed by atoms with E-state index in [1.165, 1.54) is 38.1 Å². The van der Waals surface area contributed by atoms with E-state index >= 15 is 0 Å². The summed E-state index contributed by atoms with van der Waals surface area (Å²) in [5.41, 5.74) is 0. The number of hydrogen-bond donors (Lipinski definition) is 0. The molecular formula is C13H17N3O7. The highest BCUT2D eigenvalue weighted by atomic mass is 16.7. The Bertz CT molecular complexity index is 574. The number of rotatable bonds is 5. The molecule has 0 spiro atoms. The SMILES string of the molecule is CC(=O)OC[C@H]1O[C@@H](n2cncn2)[C@H](OC(C)=O)[C@@H]1OC(C)=O. The molecular weight excluding hydrogens is 310 g/mol. The van der Waals surface area contributed by atoms with E-state index in [1.807, 2.05) is 0 Å². The molecule has 1 aromatic rings. The van der Waals surface area contributed by atoms with Gasteiger partial charge in [-0.25, -0.2) is 9.67 Å². The quantitative estimate of drug-likeness (QED) is 0.525. The summed E-state index contributed by atoms with van der Waals surface area (Å²) < 4.78 is 22.4.